The molecule has 0 saturated heterocycles. The first-order valence-electron chi connectivity index (χ1n) is 6.35. The van der Waals surface area contributed by atoms with Gasteiger partial charge in [0.1, 0.15) is 0 Å². The highest BCUT2D eigenvalue weighted by Crippen LogP contribution is 2.29. The van der Waals surface area contributed by atoms with Gasteiger partial charge in [0, 0.05) is 7.11 Å². The van der Waals surface area contributed by atoms with Crippen LogP contribution in [0.25, 0.3) is 0 Å². The van der Waals surface area contributed by atoms with Crippen LogP contribution < -0.4 is 0 Å². The molecule has 2 unspecified atom stereocenters. The molecule has 0 aromatic heterocycles. The van der Waals surface area contributed by atoms with Gasteiger partial charge in [-0.05, 0) is 17.0 Å². The van der Waals surface area contributed by atoms with E-state index < -0.39 is 12.0 Å². The second-order valence-electron chi connectivity index (χ2n) is 4.91. The van der Waals surface area contributed by atoms with Crippen LogP contribution in [0.3, 0.4) is 0 Å². The number of ether oxygens (including phenoxy) is 2. The molecule has 1 aromatic rings. The van der Waals surface area contributed by atoms with Gasteiger partial charge in [-0.2, -0.15) is 0 Å². The first-order valence-corrected chi connectivity index (χ1v) is 6.35. The molecule has 0 aliphatic heterocycles. The van der Waals surface area contributed by atoms with Crippen LogP contribution in [0.2, 0.25) is 0 Å². The molecule has 4 heteroatoms. The minimum Gasteiger partial charge on any atom is -0.469 e. The van der Waals surface area contributed by atoms with Gasteiger partial charge >= 0.3 is 5.97 Å². The molecule has 1 aromatic carbocycles. The molecule has 0 aliphatic rings. The summed E-state index contributed by atoms with van der Waals surface area (Å²) in [7, 11) is 2.97. The van der Waals surface area contributed by atoms with Gasteiger partial charge in [-0.3, -0.25) is 4.79 Å². The van der Waals surface area contributed by atoms with Crippen LogP contribution in [0.4, 0.5) is 0 Å². The fraction of sp³-hybridized carbons (Fsp3) is 0.533. The van der Waals surface area contributed by atoms with E-state index in [1.54, 1.807) is 7.11 Å². The number of hydrogen-bond donors (Lipinski definition) is 1. The van der Waals surface area contributed by atoms with E-state index in [1.165, 1.54) is 7.11 Å². The summed E-state index contributed by atoms with van der Waals surface area (Å²) in [5.41, 5.74) is 1.74. The summed E-state index contributed by atoms with van der Waals surface area (Å²) in [4.78, 5) is 11.7. The highest BCUT2D eigenvalue weighted by molar-refractivity contribution is 5.73. The van der Waals surface area contributed by atoms with Gasteiger partial charge in [0.25, 0.3) is 0 Å². The Morgan fingerprint density at radius 2 is 1.79 bits per heavy atom. The number of carbonyl (C=O) groups excluding carboxylic acids is 1. The molecular formula is C15H22O4. The molecule has 1 N–H and O–H groups in total. The largest absolute Gasteiger partial charge is 0.469 e. The van der Waals surface area contributed by atoms with Gasteiger partial charge < -0.3 is 14.6 Å². The van der Waals surface area contributed by atoms with Gasteiger partial charge in [0.15, 0.2) is 0 Å². The molecule has 0 aliphatic carbocycles. The first kappa shape index (κ1) is 15.7. The summed E-state index contributed by atoms with van der Waals surface area (Å²) in [5.74, 6) is -0.942. The van der Waals surface area contributed by atoms with Gasteiger partial charge in [0.2, 0.25) is 0 Å². The summed E-state index contributed by atoms with van der Waals surface area (Å²) in [5, 5.41) is 10.3. The fourth-order valence-electron chi connectivity index (χ4n) is 2.09. The molecule has 0 heterocycles. The molecular weight excluding hydrogens is 244 g/mol. The highest BCUT2D eigenvalue weighted by Gasteiger charge is 2.31. The van der Waals surface area contributed by atoms with E-state index in [2.05, 4.69) is 0 Å². The van der Waals surface area contributed by atoms with Crippen molar-refractivity contribution in [1.82, 2.24) is 0 Å². The summed E-state index contributed by atoms with van der Waals surface area (Å²) < 4.78 is 9.79. The Labute approximate surface area is 114 Å². The molecule has 0 amide bonds. The Bertz CT molecular complexity index is 397. The van der Waals surface area contributed by atoms with E-state index in [1.807, 2.05) is 38.1 Å². The third-order valence-corrected chi connectivity index (χ3v) is 3.16. The van der Waals surface area contributed by atoms with E-state index in [4.69, 9.17) is 9.47 Å². The topological polar surface area (TPSA) is 55.8 Å². The van der Waals surface area contributed by atoms with Gasteiger partial charge in [-0.25, -0.2) is 0 Å². The third kappa shape index (κ3) is 4.04. The lowest BCUT2D eigenvalue weighted by Gasteiger charge is -2.24. The molecule has 1 rings (SSSR count). The van der Waals surface area contributed by atoms with Gasteiger partial charge in [-0.1, -0.05) is 38.1 Å². The van der Waals surface area contributed by atoms with Crippen LogP contribution in [0.15, 0.2) is 24.3 Å². The first-order chi connectivity index (χ1) is 9.01. The zero-order chi connectivity index (χ0) is 14.4. The number of rotatable bonds is 6. The van der Waals surface area contributed by atoms with E-state index >= 15 is 0 Å². The molecule has 0 radical (unpaired) electrons. The number of carbonyl (C=O) groups is 1. The zero-order valence-electron chi connectivity index (χ0n) is 11.9. The van der Waals surface area contributed by atoms with E-state index in [9.17, 15) is 9.90 Å². The van der Waals surface area contributed by atoms with Crippen LogP contribution >= 0.6 is 0 Å². The van der Waals surface area contributed by atoms with Gasteiger partial charge in [-0.15, -0.1) is 0 Å². The van der Waals surface area contributed by atoms with Crippen molar-refractivity contribution >= 4 is 5.97 Å². The monoisotopic (exact) mass is 266 g/mol. The maximum atomic E-state index is 11.7. The van der Waals surface area contributed by atoms with E-state index in [-0.39, 0.29) is 11.9 Å². The third-order valence-electron chi connectivity index (χ3n) is 3.16. The molecule has 0 saturated carbocycles. The van der Waals surface area contributed by atoms with Crippen molar-refractivity contribution in [2.24, 2.45) is 11.8 Å². The molecule has 0 spiro atoms. The number of aliphatic hydroxyl groups is 1. The van der Waals surface area contributed by atoms with E-state index in [0.717, 1.165) is 5.56 Å². The fourth-order valence-corrected chi connectivity index (χ4v) is 2.09. The lowest BCUT2D eigenvalue weighted by Crippen LogP contribution is -2.28. The number of hydrogen-bond acceptors (Lipinski definition) is 4. The smallest absolute Gasteiger partial charge is 0.311 e. The quantitative estimate of drug-likeness (QED) is 0.803. The van der Waals surface area contributed by atoms with Crippen molar-refractivity contribution in [2.45, 2.75) is 26.6 Å². The number of benzene rings is 1. The normalized spacial score (nSPS) is 14.2. The molecule has 4 nitrogen and oxygen atoms in total. The predicted octanol–water partition coefficient (Wildman–Crippen LogP) is 2.31. The summed E-state index contributed by atoms with van der Waals surface area (Å²) in [6, 6.07) is 7.40. The standard InChI is InChI=1S/C15H22O4/c1-10(2)13(15(17)19-4)14(16)12-7-5-11(6-8-12)9-18-3/h5-8,10,13-14,16H,9H2,1-4H3. The van der Waals surface area contributed by atoms with Crippen LogP contribution in [-0.4, -0.2) is 25.3 Å². The van der Waals surface area contributed by atoms with Crippen molar-refractivity contribution in [1.29, 1.82) is 0 Å². The maximum Gasteiger partial charge on any atom is 0.311 e. The molecule has 2 atom stereocenters. The maximum absolute atomic E-state index is 11.7. The second-order valence-corrected chi connectivity index (χ2v) is 4.91. The van der Waals surface area contributed by atoms with Crippen molar-refractivity contribution in [3.05, 3.63) is 35.4 Å². The minimum atomic E-state index is -0.857. The average molecular weight is 266 g/mol. The van der Waals surface area contributed by atoms with Crippen LogP contribution in [0.5, 0.6) is 0 Å². The number of methoxy groups -OCH3 is 2. The summed E-state index contributed by atoms with van der Waals surface area (Å²) in [6.07, 6.45) is -0.857. The molecule has 106 valence electrons. The zero-order valence-corrected chi connectivity index (χ0v) is 11.9. The highest BCUT2D eigenvalue weighted by atomic mass is 16.5. The van der Waals surface area contributed by atoms with E-state index in [0.29, 0.717) is 12.2 Å². The number of aliphatic hydroxyl groups excluding tert-OH is 1. The molecule has 0 fully saturated rings. The van der Waals surface area contributed by atoms with Crippen LogP contribution in [0, 0.1) is 11.8 Å². The lowest BCUT2D eigenvalue weighted by molar-refractivity contribution is -0.152. The summed E-state index contributed by atoms with van der Waals surface area (Å²) >= 11 is 0. The SMILES string of the molecule is COCc1ccc(C(O)C(C(=O)OC)C(C)C)cc1. The van der Waals surface area contributed by atoms with Crippen molar-refractivity contribution in [3.63, 3.8) is 0 Å². The Kier molecular flexibility index (Phi) is 5.99. The van der Waals surface area contributed by atoms with Crippen LogP contribution in [0.1, 0.15) is 31.1 Å². The Morgan fingerprint density at radius 3 is 2.21 bits per heavy atom. The number of esters is 1. The Balaban J connectivity index is 2.90. The predicted molar refractivity (Wildman–Crippen MR) is 72.5 cm³/mol. The van der Waals surface area contributed by atoms with Gasteiger partial charge in [0.05, 0.1) is 25.7 Å². The molecule has 19 heavy (non-hydrogen) atoms. The molecule has 0 bridgehead atoms. The average Bonchev–Trinajstić information content (AvgIpc) is 2.39. The second kappa shape index (κ2) is 7.26. The summed E-state index contributed by atoms with van der Waals surface area (Å²) in [6.45, 7) is 4.31. The lowest BCUT2D eigenvalue weighted by atomic mass is 9.86. The van der Waals surface area contributed by atoms with Crippen LogP contribution in [-0.2, 0) is 20.9 Å². The van der Waals surface area contributed by atoms with Crippen molar-refractivity contribution in [2.75, 3.05) is 14.2 Å². The van der Waals surface area contributed by atoms with Crippen molar-refractivity contribution < 1.29 is 19.4 Å². The Hall–Kier alpha value is -1.39. The Morgan fingerprint density at radius 1 is 1.21 bits per heavy atom. The minimum absolute atomic E-state index is 0.00102. The van der Waals surface area contributed by atoms with Crippen molar-refractivity contribution in [3.8, 4) is 0 Å².